The fourth-order valence-corrected chi connectivity index (χ4v) is 6.43. The van der Waals surface area contributed by atoms with E-state index in [2.05, 4.69) is 5.32 Å². The predicted octanol–water partition coefficient (Wildman–Crippen LogP) is 4.55. The summed E-state index contributed by atoms with van der Waals surface area (Å²) in [5.74, 6) is 0.0329. The second-order valence-electron chi connectivity index (χ2n) is 10.0. The first kappa shape index (κ1) is 20.3. The van der Waals surface area contributed by atoms with Crippen molar-refractivity contribution in [3.05, 3.63) is 65.7 Å². The Morgan fingerprint density at radius 2 is 1.65 bits per heavy atom. The molecule has 4 fully saturated rings. The van der Waals surface area contributed by atoms with E-state index in [9.17, 15) is 14.7 Å². The minimum absolute atomic E-state index is 0.340. The van der Waals surface area contributed by atoms with E-state index in [1.807, 2.05) is 49.4 Å². The van der Waals surface area contributed by atoms with Crippen molar-refractivity contribution >= 4 is 17.6 Å². The van der Waals surface area contributed by atoms with Crippen LogP contribution in [0.2, 0.25) is 0 Å². The molecular formula is C26H29NO4. The molecule has 2 aromatic carbocycles. The van der Waals surface area contributed by atoms with Crippen molar-refractivity contribution in [3.63, 3.8) is 0 Å². The molecule has 0 aromatic heterocycles. The van der Waals surface area contributed by atoms with Crippen molar-refractivity contribution in [1.82, 2.24) is 0 Å². The number of nitrogens with one attached hydrogen (secondary N) is 1. The number of hydrogen-bond donors (Lipinski definition) is 2. The average Bonchev–Trinajstić information content (AvgIpc) is 2.72. The van der Waals surface area contributed by atoms with Gasteiger partial charge in [-0.25, -0.2) is 0 Å². The van der Waals surface area contributed by atoms with Gasteiger partial charge in [-0.15, -0.1) is 0 Å². The van der Waals surface area contributed by atoms with E-state index in [1.54, 1.807) is 12.1 Å². The molecule has 4 aliphatic carbocycles. The number of esters is 1. The number of aliphatic hydroxyl groups is 1. The summed E-state index contributed by atoms with van der Waals surface area (Å²) in [6, 6.07) is 16.7. The number of anilines is 1. The number of amides is 1. The number of carbonyl (C=O) groups excluding carboxylic acids is 2. The summed E-state index contributed by atoms with van der Waals surface area (Å²) < 4.78 is 5.96. The summed E-state index contributed by atoms with van der Waals surface area (Å²) in [7, 11) is 0. The zero-order chi connectivity index (χ0) is 21.6. The van der Waals surface area contributed by atoms with Crippen molar-refractivity contribution in [1.29, 1.82) is 0 Å². The standard InChI is InChI=1S/C26H29NO4/c1-17-7-9-21(10-8-17)27-23(28)22(20-5-3-2-4-6-20)31-24(29)25-12-18-11-19(13-25)15-26(30,14-18)16-25/h2-10,18-19,22,30H,11-16H2,1H3,(H,27,28)/t18-,19+,22-,25?,26?/m1/s1. The average molecular weight is 420 g/mol. The molecule has 0 heterocycles. The molecule has 0 aliphatic heterocycles. The van der Waals surface area contributed by atoms with Crippen LogP contribution in [0.5, 0.6) is 0 Å². The van der Waals surface area contributed by atoms with Gasteiger partial charge in [0.05, 0.1) is 11.0 Å². The van der Waals surface area contributed by atoms with Crippen molar-refractivity contribution in [2.24, 2.45) is 17.3 Å². The molecule has 0 radical (unpaired) electrons. The highest BCUT2D eigenvalue weighted by Gasteiger charge is 2.61. The third-order valence-corrected chi connectivity index (χ3v) is 7.35. The highest BCUT2D eigenvalue weighted by Crippen LogP contribution is 2.62. The molecule has 4 saturated carbocycles. The lowest BCUT2D eigenvalue weighted by molar-refractivity contribution is -0.200. The molecule has 6 rings (SSSR count). The van der Waals surface area contributed by atoms with Crippen LogP contribution in [0, 0.1) is 24.2 Å². The number of hydrogen-bond acceptors (Lipinski definition) is 4. The first-order valence-electron chi connectivity index (χ1n) is 11.2. The monoisotopic (exact) mass is 419 g/mol. The second-order valence-corrected chi connectivity index (χ2v) is 10.0. The van der Waals surface area contributed by atoms with E-state index in [1.165, 1.54) is 0 Å². The predicted molar refractivity (Wildman–Crippen MR) is 117 cm³/mol. The third kappa shape index (κ3) is 3.87. The molecule has 5 nitrogen and oxygen atoms in total. The lowest BCUT2D eigenvalue weighted by Gasteiger charge is -2.58. The highest BCUT2D eigenvalue weighted by molar-refractivity contribution is 5.96. The second kappa shape index (κ2) is 7.49. The fraction of sp³-hybridized carbons (Fsp3) is 0.462. The minimum atomic E-state index is -1.03. The molecule has 2 N–H and O–H groups in total. The highest BCUT2D eigenvalue weighted by atomic mass is 16.5. The Morgan fingerprint density at radius 3 is 2.26 bits per heavy atom. The van der Waals surface area contributed by atoms with E-state index in [0.717, 1.165) is 37.7 Å². The van der Waals surface area contributed by atoms with Gasteiger partial charge in [-0.1, -0.05) is 48.0 Å². The quantitative estimate of drug-likeness (QED) is 0.697. The Morgan fingerprint density at radius 1 is 1.00 bits per heavy atom. The van der Waals surface area contributed by atoms with Crippen LogP contribution >= 0.6 is 0 Å². The van der Waals surface area contributed by atoms with Gasteiger partial charge in [-0.2, -0.15) is 0 Å². The molecule has 5 heteroatoms. The molecule has 162 valence electrons. The van der Waals surface area contributed by atoms with Crippen LogP contribution in [-0.4, -0.2) is 22.6 Å². The SMILES string of the molecule is Cc1ccc(NC(=O)[C@H](OC(=O)C23C[C@@H]4C[C@@H](CC(O)(C4)C2)C3)c2ccccc2)cc1. The largest absolute Gasteiger partial charge is 0.447 e. The summed E-state index contributed by atoms with van der Waals surface area (Å²) >= 11 is 0. The zero-order valence-corrected chi connectivity index (χ0v) is 17.8. The normalized spacial score (nSPS) is 31.8. The maximum Gasteiger partial charge on any atom is 0.313 e. The number of ether oxygens (including phenoxy) is 1. The lowest BCUT2D eigenvalue weighted by Crippen LogP contribution is -2.58. The molecule has 0 spiro atoms. The zero-order valence-electron chi connectivity index (χ0n) is 17.8. The van der Waals surface area contributed by atoms with Crippen LogP contribution in [0.15, 0.2) is 54.6 Å². The maximum absolute atomic E-state index is 13.5. The summed E-state index contributed by atoms with van der Waals surface area (Å²) in [4.78, 5) is 26.7. The molecule has 4 bridgehead atoms. The van der Waals surface area contributed by atoms with Gasteiger partial charge < -0.3 is 15.2 Å². The molecular weight excluding hydrogens is 390 g/mol. The van der Waals surface area contributed by atoms with Crippen LogP contribution in [0.3, 0.4) is 0 Å². The van der Waals surface area contributed by atoms with Crippen molar-refractivity contribution in [2.45, 2.75) is 57.2 Å². The summed E-state index contributed by atoms with van der Waals surface area (Å²) in [6.07, 6.45) is 3.60. The molecule has 2 aromatic rings. The van der Waals surface area contributed by atoms with E-state index in [-0.39, 0.29) is 11.9 Å². The van der Waals surface area contributed by atoms with Crippen molar-refractivity contribution in [2.75, 3.05) is 5.32 Å². The number of carbonyl (C=O) groups is 2. The van der Waals surface area contributed by atoms with Crippen LogP contribution in [0.25, 0.3) is 0 Å². The summed E-state index contributed by atoms with van der Waals surface area (Å²) in [5.41, 5.74) is 0.982. The third-order valence-electron chi connectivity index (χ3n) is 7.35. The van der Waals surface area contributed by atoms with Crippen LogP contribution < -0.4 is 5.32 Å². The van der Waals surface area contributed by atoms with Gasteiger partial charge >= 0.3 is 5.97 Å². The van der Waals surface area contributed by atoms with E-state index >= 15 is 0 Å². The Kier molecular flexibility index (Phi) is 4.89. The van der Waals surface area contributed by atoms with Gasteiger partial charge in [0.1, 0.15) is 0 Å². The van der Waals surface area contributed by atoms with E-state index in [4.69, 9.17) is 4.74 Å². The molecule has 0 saturated heterocycles. The summed E-state index contributed by atoms with van der Waals surface area (Å²) in [6.45, 7) is 1.99. The number of benzene rings is 2. The maximum atomic E-state index is 13.5. The number of aryl methyl sites for hydroxylation is 1. The fourth-order valence-electron chi connectivity index (χ4n) is 6.43. The van der Waals surface area contributed by atoms with Crippen molar-refractivity contribution < 1.29 is 19.4 Å². The molecule has 1 amide bonds. The Hall–Kier alpha value is -2.66. The van der Waals surface area contributed by atoms with Gasteiger partial charge in [0.2, 0.25) is 6.10 Å². The Balaban J connectivity index is 1.39. The van der Waals surface area contributed by atoms with Gasteiger partial charge in [-0.3, -0.25) is 9.59 Å². The topological polar surface area (TPSA) is 75.6 Å². The summed E-state index contributed by atoms with van der Waals surface area (Å²) in [5, 5.41) is 13.9. The first-order valence-corrected chi connectivity index (χ1v) is 11.2. The smallest absolute Gasteiger partial charge is 0.313 e. The van der Waals surface area contributed by atoms with Gasteiger partial charge in [0.15, 0.2) is 0 Å². The lowest BCUT2D eigenvalue weighted by atomic mass is 9.48. The molecule has 5 atom stereocenters. The van der Waals surface area contributed by atoms with Crippen LogP contribution in [0.1, 0.15) is 55.8 Å². The van der Waals surface area contributed by atoms with Crippen LogP contribution in [-0.2, 0) is 14.3 Å². The van der Waals surface area contributed by atoms with Gasteiger partial charge in [0.25, 0.3) is 5.91 Å². The Bertz CT molecular complexity index is 970. The Labute approximate surface area is 182 Å². The molecule has 2 unspecified atom stereocenters. The van der Waals surface area contributed by atoms with Gasteiger partial charge in [-0.05, 0) is 69.4 Å². The van der Waals surface area contributed by atoms with E-state index in [0.29, 0.717) is 29.5 Å². The van der Waals surface area contributed by atoms with E-state index < -0.39 is 17.1 Å². The van der Waals surface area contributed by atoms with Crippen molar-refractivity contribution in [3.8, 4) is 0 Å². The minimum Gasteiger partial charge on any atom is -0.447 e. The van der Waals surface area contributed by atoms with Crippen LogP contribution in [0.4, 0.5) is 5.69 Å². The molecule has 4 aliphatic rings. The first-order chi connectivity index (χ1) is 14.8. The van der Waals surface area contributed by atoms with Gasteiger partial charge in [0, 0.05) is 11.3 Å². The molecule has 31 heavy (non-hydrogen) atoms. The number of rotatable bonds is 5.